The molecule has 36 heavy (non-hydrogen) atoms. The van der Waals surface area contributed by atoms with Crippen molar-refractivity contribution in [2.75, 3.05) is 49.5 Å². The second-order valence-corrected chi connectivity index (χ2v) is 9.53. The van der Waals surface area contributed by atoms with Crippen molar-refractivity contribution in [2.45, 2.75) is 25.4 Å². The van der Waals surface area contributed by atoms with Crippen LogP contribution in [0.1, 0.15) is 18.7 Å². The van der Waals surface area contributed by atoms with Crippen LogP contribution in [0.2, 0.25) is 0 Å². The zero-order valence-electron chi connectivity index (χ0n) is 20.4. The van der Waals surface area contributed by atoms with Crippen LogP contribution in [0.25, 0.3) is 16.9 Å². The molecule has 0 spiro atoms. The van der Waals surface area contributed by atoms with Gasteiger partial charge in [0, 0.05) is 64.4 Å². The second kappa shape index (κ2) is 9.82. The summed E-state index contributed by atoms with van der Waals surface area (Å²) in [5.74, 6) is 1.72. The number of nitrogens with one attached hydrogen (secondary N) is 2. The Morgan fingerprint density at radius 1 is 1.14 bits per heavy atom. The minimum atomic E-state index is -0.390. The highest BCUT2D eigenvalue weighted by Gasteiger charge is 2.27. The maximum absolute atomic E-state index is 15.9. The van der Waals surface area contributed by atoms with Gasteiger partial charge in [-0.1, -0.05) is 6.07 Å². The number of piperidine rings is 1. The minimum absolute atomic E-state index is 0.127. The number of pyridine rings is 1. The third-order valence-electron chi connectivity index (χ3n) is 7.10. The highest BCUT2D eigenvalue weighted by Crippen LogP contribution is 2.30. The molecule has 0 radical (unpaired) electrons. The summed E-state index contributed by atoms with van der Waals surface area (Å²) in [4.78, 5) is 18.2. The van der Waals surface area contributed by atoms with E-state index >= 15 is 4.39 Å². The predicted octanol–water partition coefficient (Wildman–Crippen LogP) is 2.15. The quantitative estimate of drug-likeness (QED) is 0.425. The lowest BCUT2D eigenvalue weighted by Crippen LogP contribution is -2.47. The topological polar surface area (TPSA) is 91.4 Å². The van der Waals surface area contributed by atoms with Crippen molar-refractivity contribution in [2.24, 2.45) is 7.05 Å². The van der Waals surface area contributed by atoms with Gasteiger partial charge >= 0.3 is 0 Å². The average molecular weight is 491 g/mol. The number of hydrogen-bond acceptors (Lipinski definition) is 8. The molecule has 2 N–H and O–H groups in total. The number of rotatable bonds is 6. The van der Waals surface area contributed by atoms with E-state index in [9.17, 15) is 0 Å². The Hall–Kier alpha value is -3.57. The first kappa shape index (κ1) is 22.9. The molecule has 0 amide bonds. The summed E-state index contributed by atoms with van der Waals surface area (Å²) in [6, 6.07) is 5.98. The van der Waals surface area contributed by atoms with E-state index in [0.717, 1.165) is 62.5 Å². The Balaban J connectivity index is 1.30. The normalized spacial score (nSPS) is 19.2. The lowest BCUT2D eigenvalue weighted by atomic mass is 10.1. The highest BCUT2D eigenvalue weighted by molar-refractivity contribution is 5.77. The van der Waals surface area contributed by atoms with Gasteiger partial charge in [0.2, 0.25) is 5.82 Å². The Labute approximate surface area is 209 Å². The van der Waals surface area contributed by atoms with Crippen molar-refractivity contribution in [3.63, 3.8) is 0 Å². The van der Waals surface area contributed by atoms with Crippen molar-refractivity contribution in [1.29, 1.82) is 0 Å². The van der Waals surface area contributed by atoms with Gasteiger partial charge in [0.1, 0.15) is 5.82 Å². The van der Waals surface area contributed by atoms with Gasteiger partial charge in [-0.2, -0.15) is 9.49 Å². The van der Waals surface area contributed by atoms with E-state index in [2.05, 4.69) is 30.6 Å². The molecule has 10 nitrogen and oxygen atoms in total. The molecule has 2 fully saturated rings. The number of nitrogens with zero attached hydrogens (tertiary/aromatic N) is 8. The van der Waals surface area contributed by atoms with Gasteiger partial charge < -0.3 is 20.1 Å². The van der Waals surface area contributed by atoms with Crippen LogP contribution in [0.4, 0.5) is 16.0 Å². The molecule has 1 atom stereocenters. The minimum Gasteiger partial charge on any atom is -0.363 e. The SMILES string of the molecule is Cn1ccnc1CN1CCN(c2nc(-c3cnn4ccccc34)nc(N[C@@H]3CCCNC3)c2F)CC1. The summed E-state index contributed by atoms with van der Waals surface area (Å²) in [5, 5.41) is 11.2. The van der Waals surface area contributed by atoms with Crippen LogP contribution in [0, 0.1) is 5.82 Å². The molecule has 0 bridgehead atoms. The summed E-state index contributed by atoms with van der Waals surface area (Å²) >= 11 is 0. The summed E-state index contributed by atoms with van der Waals surface area (Å²) < 4.78 is 19.7. The maximum atomic E-state index is 15.9. The van der Waals surface area contributed by atoms with E-state index in [1.165, 1.54) is 0 Å². The standard InChI is InChI=1S/C25H31FN10/c1-33-10-8-28-21(33)17-34-11-13-35(14-12-34)25-22(26)24(30-18-5-4-7-27-15-18)31-23(32-25)19-16-29-36-9-3-2-6-20(19)36/h2-3,6,8-10,16,18,27H,4-5,7,11-15,17H2,1H3,(H,30,31,32)/t18-/m1/s1. The molecular formula is C25H31FN10. The van der Waals surface area contributed by atoms with E-state index < -0.39 is 5.82 Å². The largest absolute Gasteiger partial charge is 0.363 e. The second-order valence-electron chi connectivity index (χ2n) is 9.53. The van der Waals surface area contributed by atoms with Gasteiger partial charge in [-0.05, 0) is 31.5 Å². The zero-order chi connectivity index (χ0) is 24.5. The highest BCUT2D eigenvalue weighted by atomic mass is 19.1. The first-order valence-corrected chi connectivity index (χ1v) is 12.6. The Kier molecular flexibility index (Phi) is 6.24. The Morgan fingerprint density at radius 3 is 2.81 bits per heavy atom. The molecule has 0 aliphatic carbocycles. The van der Waals surface area contributed by atoms with E-state index in [1.807, 2.05) is 53.3 Å². The van der Waals surface area contributed by atoms with Gasteiger partial charge in [0.15, 0.2) is 17.5 Å². The van der Waals surface area contributed by atoms with Crippen LogP contribution in [-0.2, 0) is 13.6 Å². The van der Waals surface area contributed by atoms with Crippen LogP contribution in [0.5, 0.6) is 0 Å². The van der Waals surface area contributed by atoms with E-state index in [0.29, 0.717) is 24.7 Å². The molecule has 0 unspecified atom stereocenters. The third kappa shape index (κ3) is 4.51. The fraction of sp³-hybridized carbons (Fsp3) is 0.440. The van der Waals surface area contributed by atoms with Gasteiger partial charge in [-0.25, -0.2) is 19.5 Å². The Bertz CT molecular complexity index is 1330. The van der Waals surface area contributed by atoms with Crippen molar-refractivity contribution in [1.82, 2.24) is 39.3 Å². The lowest BCUT2D eigenvalue weighted by molar-refractivity contribution is 0.240. The monoisotopic (exact) mass is 490 g/mol. The first-order valence-electron chi connectivity index (χ1n) is 12.6. The smallest absolute Gasteiger partial charge is 0.207 e. The molecule has 2 saturated heterocycles. The predicted molar refractivity (Wildman–Crippen MR) is 136 cm³/mol. The molecule has 188 valence electrons. The molecule has 0 aromatic carbocycles. The number of aryl methyl sites for hydroxylation is 1. The maximum Gasteiger partial charge on any atom is 0.207 e. The molecular weight excluding hydrogens is 459 g/mol. The molecule has 4 aromatic heterocycles. The molecule has 0 saturated carbocycles. The molecule has 2 aliphatic heterocycles. The van der Waals surface area contributed by atoms with Crippen molar-refractivity contribution < 1.29 is 4.39 Å². The van der Waals surface area contributed by atoms with Gasteiger partial charge in [-0.3, -0.25) is 4.90 Å². The van der Waals surface area contributed by atoms with Gasteiger partial charge in [0.25, 0.3) is 0 Å². The summed E-state index contributed by atoms with van der Waals surface area (Å²) in [6.45, 7) is 5.52. The molecule has 2 aliphatic rings. The van der Waals surface area contributed by atoms with Crippen molar-refractivity contribution >= 4 is 17.2 Å². The van der Waals surface area contributed by atoms with Crippen LogP contribution >= 0.6 is 0 Å². The molecule has 6 rings (SSSR count). The van der Waals surface area contributed by atoms with E-state index in [-0.39, 0.29) is 11.9 Å². The lowest BCUT2D eigenvalue weighted by Gasteiger charge is -2.35. The van der Waals surface area contributed by atoms with Crippen LogP contribution in [0.3, 0.4) is 0 Å². The van der Waals surface area contributed by atoms with Gasteiger partial charge in [-0.15, -0.1) is 0 Å². The molecule has 6 heterocycles. The van der Waals surface area contributed by atoms with Crippen molar-refractivity contribution in [3.05, 3.63) is 54.6 Å². The van der Waals surface area contributed by atoms with Crippen LogP contribution in [-0.4, -0.2) is 79.3 Å². The number of anilines is 2. The Morgan fingerprint density at radius 2 is 2.03 bits per heavy atom. The molecule has 11 heteroatoms. The number of imidazole rings is 1. The summed E-state index contributed by atoms with van der Waals surface area (Å²) in [7, 11) is 2.01. The zero-order valence-corrected chi connectivity index (χ0v) is 20.4. The summed E-state index contributed by atoms with van der Waals surface area (Å²) in [5.41, 5.74) is 1.68. The third-order valence-corrected chi connectivity index (χ3v) is 7.10. The van der Waals surface area contributed by atoms with Crippen molar-refractivity contribution in [3.8, 4) is 11.4 Å². The van der Waals surface area contributed by atoms with E-state index in [4.69, 9.17) is 4.98 Å². The first-order chi connectivity index (χ1) is 17.7. The van der Waals surface area contributed by atoms with E-state index in [1.54, 1.807) is 10.7 Å². The molecule has 4 aromatic rings. The fourth-order valence-corrected chi connectivity index (χ4v) is 5.00. The number of aromatic nitrogens is 6. The van der Waals surface area contributed by atoms with Crippen LogP contribution in [0.15, 0.2) is 43.0 Å². The number of piperazine rings is 1. The number of halogens is 1. The number of fused-ring (bicyclic) bond motifs is 1. The fourth-order valence-electron chi connectivity index (χ4n) is 5.00. The van der Waals surface area contributed by atoms with Gasteiger partial charge in [0.05, 0.1) is 23.8 Å². The summed E-state index contributed by atoms with van der Waals surface area (Å²) in [6.07, 6.45) is 9.44. The van der Waals surface area contributed by atoms with Crippen LogP contribution < -0.4 is 15.5 Å². The number of hydrogen-bond donors (Lipinski definition) is 2. The average Bonchev–Trinajstić information content (AvgIpc) is 3.52.